The van der Waals surface area contributed by atoms with Crippen molar-refractivity contribution < 1.29 is 0 Å². The lowest BCUT2D eigenvalue weighted by atomic mass is 9.76. The van der Waals surface area contributed by atoms with Gasteiger partial charge in [0.15, 0.2) is 0 Å². The average Bonchev–Trinajstić information content (AvgIpc) is 3.66. The molecule has 0 saturated carbocycles. The van der Waals surface area contributed by atoms with Crippen LogP contribution in [0.25, 0.3) is 44.9 Å². The number of nitriles is 3. The molecule has 0 spiro atoms. The summed E-state index contributed by atoms with van der Waals surface area (Å²) in [5.74, 6) is 0. The van der Waals surface area contributed by atoms with E-state index < -0.39 is 0 Å². The summed E-state index contributed by atoms with van der Waals surface area (Å²) in [6.45, 7) is 2.26. The Morgan fingerprint density at radius 1 is 0.706 bits per heavy atom. The molecule has 2 unspecified atom stereocenters. The van der Waals surface area contributed by atoms with Crippen molar-refractivity contribution >= 4 is 28.4 Å². The number of nitrogens with zero attached hydrogens (tertiary/aromatic N) is 5. The van der Waals surface area contributed by atoms with Crippen LogP contribution in [-0.2, 0) is 11.8 Å². The normalized spacial score (nSPS) is 18.1. The average molecular weight is 654 g/mol. The first-order chi connectivity index (χ1) is 25.0. The van der Waals surface area contributed by atoms with E-state index in [2.05, 4.69) is 138 Å². The van der Waals surface area contributed by atoms with E-state index in [-0.39, 0.29) is 11.5 Å². The highest BCUT2D eigenvalue weighted by molar-refractivity contribution is 5.96. The lowest BCUT2D eigenvalue weighted by Gasteiger charge is -2.35. The fourth-order valence-corrected chi connectivity index (χ4v) is 8.39. The molecule has 1 aromatic heterocycles. The number of aromatic nitrogens is 1. The van der Waals surface area contributed by atoms with Gasteiger partial charge in [0.1, 0.15) is 0 Å². The predicted octanol–water partition coefficient (Wildman–Crippen LogP) is 10.4. The van der Waals surface area contributed by atoms with Crippen LogP contribution in [0.1, 0.15) is 46.9 Å². The van der Waals surface area contributed by atoms with E-state index in [1.807, 2.05) is 36.4 Å². The summed E-state index contributed by atoms with van der Waals surface area (Å²) in [4.78, 5) is 2.36. The second-order valence-electron chi connectivity index (χ2n) is 13.6. The van der Waals surface area contributed by atoms with Crippen LogP contribution in [0.3, 0.4) is 0 Å². The predicted molar refractivity (Wildman–Crippen MR) is 204 cm³/mol. The highest BCUT2D eigenvalue weighted by Crippen LogP contribution is 2.53. The Morgan fingerprint density at radius 3 is 2.27 bits per heavy atom. The Hall–Kier alpha value is -6.87. The van der Waals surface area contributed by atoms with Gasteiger partial charge in [0.25, 0.3) is 0 Å². The summed E-state index contributed by atoms with van der Waals surface area (Å²) in [5.41, 5.74) is 13.5. The van der Waals surface area contributed by atoms with Crippen LogP contribution in [0.15, 0.2) is 134 Å². The lowest BCUT2D eigenvalue weighted by molar-refractivity contribution is 0.551. The first-order valence-corrected chi connectivity index (χ1v) is 17.2. The van der Waals surface area contributed by atoms with Gasteiger partial charge in [-0.15, -0.1) is 0 Å². The highest BCUT2D eigenvalue weighted by Gasteiger charge is 2.47. The summed E-state index contributed by atoms with van der Waals surface area (Å²) in [7, 11) is 0. The van der Waals surface area contributed by atoms with Gasteiger partial charge < -0.3 is 9.47 Å². The zero-order valence-electron chi connectivity index (χ0n) is 28.0. The van der Waals surface area contributed by atoms with Crippen LogP contribution in [0.4, 0.5) is 11.4 Å². The summed E-state index contributed by atoms with van der Waals surface area (Å²) in [5, 5.41) is 30.6. The van der Waals surface area contributed by atoms with E-state index >= 15 is 0 Å². The fourth-order valence-electron chi connectivity index (χ4n) is 8.39. The molecule has 5 nitrogen and oxygen atoms in total. The maximum absolute atomic E-state index is 10.1. The molecule has 9 rings (SSSR count). The van der Waals surface area contributed by atoms with E-state index in [0.29, 0.717) is 16.7 Å². The van der Waals surface area contributed by atoms with Gasteiger partial charge in [-0.05, 0) is 103 Å². The Balaban J connectivity index is 1.19. The number of para-hydroxylation sites is 1. The Kier molecular flexibility index (Phi) is 6.89. The van der Waals surface area contributed by atoms with Crippen molar-refractivity contribution in [3.63, 3.8) is 0 Å². The number of anilines is 2. The van der Waals surface area contributed by atoms with Crippen LogP contribution in [0, 0.1) is 34.0 Å². The molecule has 5 aromatic carbocycles. The number of hydrogen-bond donors (Lipinski definition) is 0. The van der Waals surface area contributed by atoms with Crippen molar-refractivity contribution in [1.82, 2.24) is 4.57 Å². The first-order valence-electron chi connectivity index (χ1n) is 17.2. The fraction of sp³-hybridized carbons (Fsp3) is 0.109. The van der Waals surface area contributed by atoms with Gasteiger partial charge in [-0.1, -0.05) is 78.9 Å². The molecule has 2 heterocycles. The molecule has 3 aliphatic rings. The van der Waals surface area contributed by atoms with Gasteiger partial charge in [-0.3, -0.25) is 0 Å². The van der Waals surface area contributed by atoms with Crippen LogP contribution in [0.2, 0.25) is 0 Å². The summed E-state index contributed by atoms with van der Waals surface area (Å²) >= 11 is 0. The van der Waals surface area contributed by atoms with Crippen molar-refractivity contribution in [2.75, 3.05) is 4.90 Å². The van der Waals surface area contributed by atoms with Crippen LogP contribution in [0.5, 0.6) is 0 Å². The number of benzene rings is 5. The largest absolute Gasteiger partial charge is 0.332 e. The van der Waals surface area contributed by atoms with E-state index in [9.17, 15) is 15.8 Å². The van der Waals surface area contributed by atoms with Gasteiger partial charge in [0, 0.05) is 44.7 Å². The monoisotopic (exact) mass is 653 g/mol. The van der Waals surface area contributed by atoms with Gasteiger partial charge in [0.2, 0.25) is 0 Å². The molecule has 5 heteroatoms. The minimum atomic E-state index is -0.272. The minimum Gasteiger partial charge on any atom is -0.332 e. The molecule has 1 aliphatic heterocycles. The Bertz CT molecular complexity index is 2650. The van der Waals surface area contributed by atoms with E-state index in [0.717, 1.165) is 63.1 Å². The van der Waals surface area contributed by atoms with Crippen LogP contribution < -0.4 is 4.90 Å². The molecule has 0 radical (unpaired) electrons. The van der Waals surface area contributed by atoms with Crippen LogP contribution >= 0.6 is 0 Å². The Morgan fingerprint density at radius 2 is 1.45 bits per heavy atom. The number of fused-ring (bicyclic) bond motifs is 6. The molecular weight excluding hydrogens is 623 g/mol. The molecule has 0 bridgehead atoms. The lowest BCUT2D eigenvalue weighted by Crippen LogP contribution is -2.39. The van der Waals surface area contributed by atoms with Gasteiger partial charge in [-0.2, -0.15) is 15.8 Å². The van der Waals surface area contributed by atoms with Crippen molar-refractivity contribution in [2.45, 2.75) is 31.2 Å². The molecule has 2 aliphatic carbocycles. The number of rotatable bonds is 4. The van der Waals surface area contributed by atoms with Crippen molar-refractivity contribution in [2.24, 2.45) is 0 Å². The van der Waals surface area contributed by atoms with Crippen LogP contribution in [-0.4, -0.2) is 10.6 Å². The minimum absolute atomic E-state index is 0.0101. The van der Waals surface area contributed by atoms with Gasteiger partial charge in [0.05, 0.1) is 46.5 Å². The first kappa shape index (κ1) is 30.2. The van der Waals surface area contributed by atoms with Gasteiger partial charge in [-0.25, -0.2) is 0 Å². The molecule has 51 heavy (non-hydrogen) atoms. The summed E-state index contributed by atoms with van der Waals surface area (Å²) in [6, 6.07) is 42.0. The third kappa shape index (κ3) is 4.59. The highest BCUT2D eigenvalue weighted by atomic mass is 15.2. The van der Waals surface area contributed by atoms with E-state index in [1.54, 1.807) is 0 Å². The zero-order chi connectivity index (χ0) is 34.7. The molecule has 240 valence electrons. The number of allylic oxidation sites excluding steroid dienone is 3. The molecule has 0 fully saturated rings. The maximum Gasteiger partial charge on any atom is 0.0992 e. The third-order valence-corrected chi connectivity index (χ3v) is 10.8. The smallest absolute Gasteiger partial charge is 0.0992 e. The molecule has 2 atom stereocenters. The van der Waals surface area contributed by atoms with E-state index in [1.165, 1.54) is 16.8 Å². The van der Waals surface area contributed by atoms with Crippen molar-refractivity contribution in [3.05, 3.63) is 167 Å². The summed E-state index contributed by atoms with van der Waals surface area (Å²) in [6.07, 6.45) is 15.0. The molecular formula is C46H31N5. The van der Waals surface area contributed by atoms with Crippen molar-refractivity contribution in [1.29, 1.82) is 15.8 Å². The third-order valence-electron chi connectivity index (χ3n) is 10.8. The molecule has 0 saturated heterocycles. The second kappa shape index (κ2) is 11.6. The molecule has 6 aromatic rings. The van der Waals surface area contributed by atoms with Crippen molar-refractivity contribution in [3.8, 4) is 46.1 Å². The second-order valence-corrected chi connectivity index (χ2v) is 13.6. The Labute approximate surface area is 297 Å². The SMILES string of the molecule is CC12C=CC=CC1N(c1ccccc1-c1cc(C#N)ccc1-c1ccc(-n3c4c(c5cc(C#N)ccc53)C=CCC4)cc1)c1cc(C#N)ccc12. The number of hydrogen-bond acceptors (Lipinski definition) is 4. The zero-order valence-corrected chi connectivity index (χ0v) is 28.0. The maximum atomic E-state index is 10.1. The molecule has 0 N–H and O–H groups in total. The van der Waals surface area contributed by atoms with E-state index in [4.69, 9.17) is 0 Å². The standard InChI is InChI=1S/C46H31N5/c1-46-23-7-6-12-45(46)51(44-26-32(29-49)14-21-40(44)46)42-11-5-2-8-36(42)38-24-30(27-47)13-20-35(38)33-16-18-34(19-17-33)50-41-10-4-3-9-37(41)39-25-31(28-48)15-22-43(39)50/h2-3,5-9,11-26,45H,4,10H2,1H3. The van der Waals surface area contributed by atoms with Gasteiger partial charge >= 0.3 is 0 Å². The topological polar surface area (TPSA) is 79.5 Å². The molecule has 0 amide bonds. The summed E-state index contributed by atoms with van der Waals surface area (Å²) < 4.78 is 2.33. The quantitative estimate of drug-likeness (QED) is 0.190.